The van der Waals surface area contributed by atoms with Gasteiger partial charge in [0.15, 0.2) is 0 Å². The largest absolute Gasteiger partial charge is 0.478 e. The van der Waals surface area contributed by atoms with Gasteiger partial charge in [0.1, 0.15) is 11.4 Å². The molecule has 0 aliphatic rings. The highest BCUT2D eigenvalue weighted by molar-refractivity contribution is 7.99. The SMILES string of the molecule is CCCc1cc(Sc2ccc(Cl)c(C(=O)O)c2)ncn1. The fraction of sp³-hybridized carbons (Fsp3) is 0.214. The zero-order chi connectivity index (χ0) is 14.5. The Morgan fingerprint density at radius 2 is 2.15 bits per heavy atom. The summed E-state index contributed by atoms with van der Waals surface area (Å²) in [4.78, 5) is 20.2. The van der Waals surface area contributed by atoms with E-state index in [4.69, 9.17) is 16.7 Å². The van der Waals surface area contributed by atoms with Crippen LogP contribution in [-0.2, 0) is 6.42 Å². The van der Waals surface area contributed by atoms with Gasteiger partial charge < -0.3 is 5.11 Å². The van der Waals surface area contributed by atoms with E-state index in [9.17, 15) is 4.79 Å². The van der Waals surface area contributed by atoms with Crippen molar-refractivity contribution in [2.24, 2.45) is 0 Å². The van der Waals surface area contributed by atoms with Crippen LogP contribution in [0.15, 0.2) is 40.5 Å². The molecule has 4 nitrogen and oxygen atoms in total. The number of rotatable bonds is 5. The quantitative estimate of drug-likeness (QED) is 0.848. The minimum absolute atomic E-state index is 0.0968. The van der Waals surface area contributed by atoms with Gasteiger partial charge in [0, 0.05) is 10.6 Å². The molecule has 0 saturated carbocycles. The maximum Gasteiger partial charge on any atom is 0.337 e. The summed E-state index contributed by atoms with van der Waals surface area (Å²) in [6, 6.07) is 6.84. The molecule has 0 aliphatic carbocycles. The molecule has 1 aromatic heterocycles. The Morgan fingerprint density at radius 1 is 1.35 bits per heavy atom. The molecule has 2 rings (SSSR count). The predicted molar refractivity (Wildman–Crippen MR) is 78.6 cm³/mol. The predicted octanol–water partition coefficient (Wildman–Crippen LogP) is 3.93. The molecule has 0 amide bonds. The Balaban J connectivity index is 2.23. The monoisotopic (exact) mass is 308 g/mol. The summed E-state index contributed by atoms with van der Waals surface area (Å²) in [5, 5.41) is 10.1. The fourth-order valence-corrected chi connectivity index (χ4v) is 2.73. The van der Waals surface area contributed by atoms with Crippen LogP contribution in [0.5, 0.6) is 0 Å². The molecule has 20 heavy (non-hydrogen) atoms. The third-order valence-electron chi connectivity index (χ3n) is 2.60. The minimum atomic E-state index is -1.04. The Bertz CT molecular complexity index is 634. The van der Waals surface area contributed by atoms with Crippen molar-refractivity contribution in [1.82, 2.24) is 9.97 Å². The maximum absolute atomic E-state index is 11.0. The highest BCUT2D eigenvalue weighted by Gasteiger charge is 2.10. The lowest BCUT2D eigenvalue weighted by Gasteiger charge is -2.05. The van der Waals surface area contributed by atoms with Gasteiger partial charge in [-0.3, -0.25) is 0 Å². The number of hydrogen-bond acceptors (Lipinski definition) is 4. The summed E-state index contributed by atoms with van der Waals surface area (Å²) < 4.78 is 0. The summed E-state index contributed by atoms with van der Waals surface area (Å²) >= 11 is 7.24. The van der Waals surface area contributed by atoms with Gasteiger partial charge >= 0.3 is 5.97 Å². The van der Waals surface area contributed by atoms with Gasteiger partial charge in [0.05, 0.1) is 10.6 Å². The van der Waals surface area contributed by atoms with E-state index in [0.29, 0.717) is 0 Å². The topological polar surface area (TPSA) is 63.1 Å². The highest BCUT2D eigenvalue weighted by Crippen LogP contribution is 2.29. The van der Waals surface area contributed by atoms with E-state index < -0.39 is 5.97 Å². The van der Waals surface area contributed by atoms with Crippen LogP contribution in [0.25, 0.3) is 0 Å². The number of aryl methyl sites for hydroxylation is 1. The smallest absolute Gasteiger partial charge is 0.337 e. The Labute approximate surface area is 126 Å². The van der Waals surface area contributed by atoms with Gasteiger partial charge in [0.2, 0.25) is 0 Å². The third-order valence-corrected chi connectivity index (χ3v) is 3.85. The lowest BCUT2D eigenvalue weighted by Crippen LogP contribution is -1.97. The molecule has 1 aromatic carbocycles. The molecule has 104 valence electrons. The first kappa shape index (κ1) is 14.8. The summed E-state index contributed by atoms with van der Waals surface area (Å²) in [6.07, 6.45) is 3.45. The van der Waals surface area contributed by atoms with E-state index in [-0.39, 0.29) is 10.6 Å². The van der Waals surface area contributed by atoms with E-state index in [1.807, 2.05) is 6.07 Å². The Morgan fingerprint density at radius 3 is 2.85 bits per heavy atom. The maximum atomic E-state index is 11.0. The minimum Gasteiger partial charge on any atom is -0.478 e. The molecule has 0 atom stereocenters. The second-order valence-corrected chi connectivity index (χ2v) is 5.65. The first-order valence-electron chi connectivity index (χ1n) is 6.11. The van der Waals surface area contributed by atoms with Crippen LogP contribution in [-0.4, -0.2) is 21.0 Å². The molecule has 1 N–H and O–H groups in total. The number of halogens is 1. The lowest BCUT2D eigenvalue weighted by atomic mass is 10.2. The molecule has 6 heteroatoms. The molecule has 0 unspecified atom stereocenters. The van der Waals surface area contributed by atoms with Gasteiger partial charge in [-0.25, -0.2) is 14.8 Å². The molecule has 0 aliphatic heterocycles. The van der Waals surface area contributed by atoms with Crippen molar-refractivity contribution in [3.8, 4) is 0 Å². The highest BCUT2D eigenvalue weighted by atomic mass is 35.5. The number of aromatic nitrogens is 2. The van der Waals surface area contributed by atoms with Crippen molar-refractivity contribution in [2.45, 2.75) is 29.7 Å². The number of carboxylic acids is 1. The van der Waals surface area contributed by atoms with Crippen LogP contribution in [0.3, 0.4) is 0 Å². The Hall–Kier alpha value is -1.59. The van der Waals surface area contributed by atoms with Crippen molar-refractivity contribution in [3.63, 3.8) is 0 Å². The number of nitrogens with zero attached hydrogens (tertiary/aromatic N) is 2. The van der Waals surface area contributed by atoms with Crippen molar-refractivity contribution in [3.05, 3.63) is 46.9 Å². The van der Waals surface area contributed by atoms with Gasteiger partial charge in [-0.2, -0.15) is 0 Å². The third kappa shape index (κ3) is 3.71. The Kier molecular flexibility index (Phi) is 4.98. The van der Waals surface area contributed by atoms with Gasteiger partial charge in [-0.05, 0) is 30.7 Å². The van der Waals surface area contributed by atoms with Crippen molar-refractivity contribution < 1.29 is 9.90 Å². The number of carbonyl (C=O) groups is 1. The number of carboxylic acid groups (broad SMARTS) is 1. The molecular weight excluding hydrogens is 296 g/mol. The summed E-state index contributed by atoms with van der Waals surface area (Å²) in [7, 11) is 0. The van der Waals surface area contributed by atoms with Crippen molar-refractivity contribution in [1.29, 1.82) is 0 Å². The molecule has 2 aromatic rings. The van der Waals surface area contributed by atoms with E-state index >= 15 is 0 Å². The molecule has 0 spiro atoms. The molecular formula is C14H13ClN2O2S. The molecule has 0 fully saturated rings. The normalized spacial score (nSPS) is 10.5. The van der Waals surface area contributed by atoms with Gasteiger partial charge in [0.25, 0.3) is 0 Å². The summed E-state index contributed by atoms with van der Waals surface area (Å²) in [6.45, 7) is 2.09. The van der Waals surface area contributed by atoms with Crippen LogP contribution in [0, 0.1) is 0 Å². The standard InChI is InChI=1S/C14H13ClN2O2S/c1-2-3-9-6-13(17-8-16-9)20-10-4-5-12(15)11(7-10)14(18)19/h4-8H,2-3H2,1H3,(H,18,19). The zero-order valence-electron chi connectivity index (χ0n) is 10.8. The van der Waals surface area contributed by atoms with Crippen LogP contribution in [0.4, 0.5) is 0 Å². The molecule has 1 heterocycles. The average Bonchev–Trinajstić information content (AvgIpc) is 2.41. The first-order chi connectivity index (χ1) is 9.60. The van der Waals surface area contributed by atoms with Crippen molar-refractivity contribution in [2.75, 3.05) is 0 Å². The van der Waals surface area contributed by atoms with Crippen LogP contribution < -0.4 is 0 Å². The fourth-order valence-electron chi connectivity index (χ4n) is 1.68. The second-order valence-electron chi connectivity index (χ2n) is 4.15. The summed E-state index contributed by atoms with van der Waals surface area (Å²) in [5.74, 6) is -1.04. The number of benzene rings is 1. The lowest BCUT2D eigenvalue weighted by molar-refractivity contribution is 0.0697. The van der Waals surface area contributed by atoms with E-state index in [2.05, 4.69) is 16.9 Å². The van der Waals surface area contributed by atoms with E-state index in [0.717, 1.165) is 28.5 Å². The van der Waals surface area contributed by atoms with Crippen LogP contribution >= 0.6 is 23.4 Å². The van der Waals surface area contributed by atoms with Gasteiger partial charge in [-0.1, -0.05) is 36.7 Å². The van der Waals surface area contributed by atoms with E-state index in [1.165, 1.54) is 18.1 Å². The number of aromatic carboxylic acids is 1. The van der Waals surface area contributed by atoms with Gasteiger partial charge in [-0.15, -0.1) is 0 Å². The number of hydrogen-bond donors (Lipinski definition) is 1. The van der Waals surface area contributed by atoms with Crippen LogP contribution in [0.1, 0.15) is 29.4 Å². The zero-order valence-corrected chi connectivity index (χ0v) is 12.4. The molecule has 0 saturated heterocycles. The second kappa shape index (κ2) is 6.72. The average molecular weight is 309 g/mol. The first-order valence-corrected chi connectivity index (χ1v) is 7.31. The molecule has 0 bridgehead atoms. The van der Waals surface area contributed by atoms with E-state index in [1.54, 1.807) is 18.2 Å². The molecule has 0 radical (unpaired) electrons. The summed E-state index contributed by atoms with van der Waals surface area (Å²) in [5.41, 5.74) is 1.08. The van der Waals surface area contributed by atoms with Crippen molar-refractivity contribution >= 4 is 29.3 Å². The van der Waals surface area contributed by atoms with Crippen LogP contribution in [0.2, 0.25) is 5.02 Å².